The summed E-state index contributed by atoms with van der Waals surface area (Å²) in [4.78, 5) is 33.5. The highest BCUT2D eigenvalue weighted by Gasteiger charge is 2.27. The van der Waals surface area contributed by atoms with Gasteiger partial charge in [-0.2, -0.15) is 0 Å². The second-order valence-electron chi connectivity index (χ2n) is 2.89. The monoisotopic (exact) mass is 217 g/mol. The van der Waals surface area contributed by atoms with E-state index < -0.39 is 5.97 Å². The zero-order chi connectivity index (χ0) is 10.6. The van der Waals surface area contributed by atoms with Gasteiger partial charge in [0, 0.05) is 25.1 Å². The van der Waals surface area contributed by atoms with Gasteiger partial charge in [0.05, 0.1) is 5.75 Å². The van der Waals surface area contributed by atoms with E-state index in [1.165, 1.54) is 16.7 Å². The number of likely N-dealkylation sites (tertiary alicyclic amines) is 1. The van der Waals surface area contributed by atoms with Crippen molar-refractivity contribution in [3.63, 3.8) is 0 Å². The van der Waals surface area contributed by atoms with E-state index in [1.54, 1.807) is 0 Å². The Morgan fingerprint density at radius 2 is 1.93 bits per heavy atom. The first-order valence-electron chi connectivity index (χ1n) is 4.24. The summed E-state index contributed by atoms with van der Waals surface area (Å²) in [6.07, 6.45) is 0.588. The Hall–Kier alpha value is -1.04. The predicted molar refractivity (Wildman–Crippen MR) is 50.9 cm³/mol. The Kier molecular flexibility index (Phi) is 3.94. The molecule has 0 radical (unpaired) electrons. The van der Waals surface area contributed by atoms with Gasteiger partial charge in [0.15, 0.2) is 0 Å². The van der Waals surface area contributed by atoms with Crippen LogP contribution in [0, 0.1) is 0 Å². The fourth-order valence-electron chi connectivity index (χ4n) is 1.19. The van der Waals surface area contributed by atoms with Crippen LogP contribution >= 0.6 is 11.8 Å². The molecule has 1 saturated heterocycles. The molecular formula is C8H11NO4S. The summed E-state index contributed by atoms with van der Waals surface area (Å²) in [5.41, 5.74) is 0. The second kappa shape index (κ2) is 4.99. The smallest absolute Gasteiger partial charge is 0.313 e. The number of carboxylic acids is 1. The number of carbonyl (C=O) groups is 3. The molecule has 2 amide bonds. The highest BCUT2D eigenvalue weighted by atomic mass is 32.2. The Balaban J connectivity index is 2.20. The van der Waals surface area contributed by atoms with Gasteiger partial charge in [-0.15, -0.1) is 11.8 Å². The Morgan fingerprint density at radius 3 is 2.43 bits per heavy atom. The van der Waals surface area contributed by atoms with Gasteiger partial charge in [0.1, 0.15) is 0 Å². The highest BCUT2D eigenvalue weighted by Crippen LogP contribution is 2.12. The van der Waals surface area contributed by atoms with Crippen LogP contribution in [-0.2, 0) is 14.4 Å². The largest absolute Gasteiger partial charge is 0.481 e. The average molecular weight is 217 g/mol. The van der Waals surface area contributed by atoms with Gasteiger partial charge >= 0.3 is 5.97 Å². The molecule has 14 heavy (non-hydrogen) atoms. The maximum Gasteiger partial charge on any atom is 0.313 e. The average Bonchev–Trinajstić information content (AvgIpc) is 2.42. The molecule has 1 N–H and O–H groups in total. The van der Waals surface area contributed by atoms with Crippen LogP contribution in [0.4, 0.5) is 0 Å². The Labute approximate surface area is 85.4 Å². The maximum absolute atomic E-state index is 11.1. The topological polar surface area (TPSA) is 74.7 Å². The number of hydrogen-bond donors (Lipinski definition) is 1. The summed E-state index contributed by atoms with van der Waals surface area (Å²) in [6.45, 7) is 0.329. The van der Waals surface area contributed by atoms with Crippen molar-refractivity contribution >= 4 is 29.5 Å². The lowest BCUT2D eigenvalue weighted by molar-refractivity contribution is -0.138. The van der Waals surface area contributed by atoms with Crippen LogP contribution in [0.25, 0.3) is 0 Å². The highest BCUT2D eigenvalue weighted by molar-refractivity contribution is 7.99. The van der Waals surface area contributed by atoms with Gasteiger partial charge in [0.2, 0.25) is 11.8 Å². The van der Waals surface area contributed by atoms with Crippen molar-refractivity contribution < 1.29 is 19.5 Å². The van der Waals surface area contributed by atoms with Crippen LogP contribution in [0.5, 0.6) is 0 Å². The minimum atomic E-state index is -0.880. The molecule has 0 spiro atoms. The summed E-state index contributed by atoms with van der Waals surface area (Å²) >= 11 is 1.21. The third kappa shape index (κ3) is 3.02. The zero-order valence-corrected chi connectivity index (χ0v) is 8.38. The lowest BCUT2D eigenvalue weighted by atomic mass is 10.4. The summed E-state index contributed by atoms with van der Waals surface area (Å²) in [7, 11) is 0. The van der Waals surface area contributed by atoms with Crippen molar-refractivity contribution in [2.45, 2.75) is 12.8 Å². The van der Waals surface area contributed by atoms with Crippen LogP contribution in [0.1, 0.15) is 12.8 Å². The van der Waals surface area contributed by atoms with E-state index in [0.717, 1.165) is 0 Å². The van der Waals surface area contributed by atoms with Crippen LogP contribution in [0.2, 0.25) is 0 Å². The number of rotatable bonds is 5. The van der Waals surface area contributed by atoms with Crippen molar-refractivity contribution in [3.8, 4) is 0 Å². The molecule has 1 rings (SSSR count). The quantitative estimate of drug-likeness (QED) is 0.516. The van der Waals surface area contributed by atoms with Gasteiger partial charge in [0.25, 0.3) is 0 Å². The minimum Gasteiger partial charge on any atom is -0.481 e. The molecule has 5 nitrogen and oxygen atoms in total. The number of carbonyl (C=O) groups excluding carboxylic acids is 2. The second-order valence-corrected chi connectivity index (χ2v) is 3.99. The maximum atomic E-state index is 11.1. The van der Waals surface area contributed by atoms with E-state index in [4.69, 9.17) is 5.11 Å². The molecule has 0 aliphatic carbocycles. The van der Waals surface area contributed by atoms with Gasteiger partial charge in [-0.1, -0.05) is 0 Å². The molecule has 1 aliphatic heterocycles. The van der Waals surface area contributed by atoms with Crippen molar-refractivity contribution in [2.75, 3.05) is 18.1 Å². The first-order valence-corrected chi connectivity index (χ1v) is 5.39. The Bertz CT molecular complexity index is 250. The molecule has 78 valence electrons. The number of amides is 2. The molecule has 0 saturated carbocycles. The van der Waals surface area contributed by atoms with Crippen LogP contribution in [-0.4, -0.2) is 45.8 Å². The fraction of sp³-hybridized carbons (Fsp3) is 0.625. The first-order chi connectivity index (χ1) is 6.61. The molecule has 6 heteroatoms. The molecule has 0 aromatic rings. The summed E-state index contributed by atoms with van der Waals surface area (Å²) in [5, 5.41) is 8.34. The number of nitrogens with zero attached hydrogens (tertiary/aromatic N) is 1. The molecule has 1 aliphatic rings. The summed E-state index contributed by atoms with van der Waals surface area (Å²) in [6, 6.07) is 0. The first kappa shape index (κ1) is 11.0. The zero-order valence-electron chi connectivity index (χ0n) is 7.56. The molecule has 0 aromatic heterocycles. The third-order valence-electron chi connectivity index (χ3n) is 1.84. The van der Waals surface area contributed by atoms with E-state index in [9.17, 15) is 14.4 Å². The molecular weight excluding hydrogens is 206 g/mol. The lowest BCUT2D eigenvalue weighted by Crippen LogP contribution is -2.31. The van der Waals surface area contributed by atoms with Crippen molar-refractivity contribution in [1.82, 2.24) is 4.90 Å². The van der Waals surface area contributed by atoms with Crippen molar-refractivity contribution in [2.24, 2.45) is 0 Å². The molecule has 0 atom stereocenters. The van der Waals surface area contributed by atoms with Crippen LogP contribution in [0.3, 0.4) is 0 Å². The van der Waals surface area contributed by atoms with E-state index in [-0.39, 0.29) is 17.6 Å². The number of aliphatic carboxylic acids is 1. The van der Waals surface area contributed by atoms with E-state index in [0.29, 0.717) is 25.1 Å². The normalized spacial score (nSPS) is 16.4. The number of thioether (sulfide) groups is 1. The fourth-order valence-corrected chi connectivity index (χ4v) is 1.82. The molecule has 0 unspecified atom stereocenters. The molecule has 0 bridgehead atoms. The molecule has 1 fully saturated rings. The van der Waals surface area contributed by atoms with Crippen LogP contribution in [0.15, 0.2) is 0 Å². The number of carboxylic acid groups (broad SMARTS) is 1. The van der Waals surface area contributed by atoms with Gasteiger partial charge < -0.3 is 5.11 Å². The van der Waals surface area contributed by atoms with Crippen molar-refractivity contribution in [1.29, 1.82) is 0 Å². The predicted octanol–water partition coefficient (Wildman–Crippen LogP) is -0.0468. The van der Waals surface area contributed by atoms with Crippen LogP contribution < -0.4 is 0 Å². The van der Waals surface area contributed by atoms with E-state index >= 15 is 0 Å². The third-order valence-corrected chi connectivity index (χ3v) is 2.76. The molecule has 1 heterocycles. The van der Waals surface area contributed by atoms with Crippen molar-refractivity contribution in [3.05, 3.63) is 0 Å². The number of hydrogen-bond acceptors (Lipinski definition) is 4. The minimum absolute atomic E-state index is 0.0101. The standard InChI is InChI=1S/C8H11NO4S/c10-6-1-2-7(11)9(6)3-4-14-5-8(12)13/h1-5H2,(H,12,13). The van der Waals surface area contributed by atoms with E-state index in [1.807, 2.05) is 0 Å². The van der Waals surface area contributed by atoms with Gasteiger partial charge in [-0.3, -0.25) is 19.3 Å². The number of imide groups is 1. The van der Waals surface area contributed by atoms with Gasteiger partial charge in [-0.25, -0.2) is 0 Å². The molecule has 0 aromatic carbocycles. The SMILES string of the molecule is O=C(O)CSCCN1C(=O)CCC1=O. The van der Waals surface area contributed by atoms with Gasteiger partial charge in [-0.05, 0) is 0 Å². The lowest BCUT2D eigenvalue weighted by Gasteiger charge is -2.12. The summed E-state index contributed by atoms with van der Waals surface area (Å²) < 4.78 is 0. The Morgan fingerprint density at radius 1 is 1.36 bits per heavy atom. The summed E-state index contributed by atoms with van der Waals surface area (Å²) in [5.74, 6) is -0.675. The van der Waals surface area contributed by atoms with E-state index in [2.05, 4.69) is 0 Å².